The van der Waals surface area contributed by atoms with E-state index < -0.39 is 0 Å². The van der Waals surface area contributed by atoms with E-state index in [0.29, 0.717) is 12.8 Å². The van der Waals surface area contributed by atoms with Crippen LogP contribution in [0, 0.1) is 0 Å². The van der Waals surface area contributed by atoms with Gasteiger partial charge in [0.15, 0.2) is 0 Å². The summed E-state index contributed by atoms with van der Waals surface area (Å²) in [7, 11) is 3.82. The van der Waals surface area contributed by atoms with Gasteiger partial charge in [-0.25, -0.2) is 4.79 Å². The molecule has 8 heavy (non-hydrogen) atoms. The number of carbonyl (C=O) groups excluding carboxylic acids is 1. The molecule has 0 fully saturated rings. The lowest BCUT2D eigenvalue weighted by Gasteiger charge is -1.94. The maximum absolute atomic E-state index is 10.2. The number of esters is 1. The second-order valence-corrected chi connectivity index (χ2v) is 1.54. The second kappa shape index (κ2) is 4.79. The molecule has 0 atom stereocenters. The summed E-state index contributed by atoms with van der Waals surface area (Å²) in [5.74, 6) is -0.390. The molecule has 0 aromatic rings. The Morgan fingerprint density at radius 3 is 2.88 bits per heavy atom. The maximum atomic E-state index is 10.2. The molecular weight excluding hydrogens is 123 g/mol. The fourth-order valence-electron chi connectivity index (χ4n) is 0.205. The van der Waals surface area contributed by atoms with Crippen molar-refractivity contribution in [2.24, 2.45) is 0 Å². The van der Waals surface area contributed by atoms with Crippen LogP contribution in [0.1, 0.15) is 0 Å². The van der Waals surface area contributed by atoms with Gasteiger partial charge in [-0.05, 0) is 9.24 Å². The number of hydrogen-bond donors (Lipinski definition) is 0. The summed E-state index contributed by atoms with van der Waals surface area (Å²) in [4.78, 5) is 10.2. The van der Waals surface area contributed by atoms with Crippen LogP contribution in [-0.2, 0) is 9.53 Å². The summed E-state index contributed by atoms with van der Waals surface area (Å²) >= 11 is 0. The number of carbonyl (C=O) groups is 1. The van der Waals surface area contributed by atoms with E-state index in [1.165, 1.54) is 0 Å². The molecule has 0 spiro atoms. The van der Waals surface area contributed by atoms with Crippen LogP contribution >= 0.6 is 9.24 Å². The third-order valence-corrected chi connectivity index (χ3v) is 0.685. The minimum Gasteiger partial charge on any atom is -0.462 e. The lowest BCUT2D eigenvalue weighted by molar-refractivity contribution is -0.137. The van der Waals surface area contributed by atoms with Crippen molar-refractivity contribution < 1.29 is 9.53 Å². The lowest BCUT2D eigenvalue weighted by atomic mass is 10.6. The highest BCUT2D eigenvalue weighted by Crippen LogP contribution is 1.83. The Labute approximate surface area is 51.1 Å². The monoisotopic (exact) mass is 130 g/mol. The minimum atomic E-state index is -0.390. The van der Waals surface area contributed by atoms with Crippen molar-refractivity contribution in [2.75, 3.05) is 12.8 Å². The van der Waals surface area contributed by atoms with Gasteiger partial charge >= 0.3 is 5.97 Å². The van der Waals surface area contributed by atoms with E-state index in [1.807, 2.05) is 0 Å². The van der Waals surface area contributed by atoms with Crippen molar-refractivity contribution in [3.05, 3.63) is 12.7 Å². The van der Waals surface area contributed by atoms with Crippen molar-refractivity contribution in [3.63, 3.8) is 0 Å². The van der Waals surface area contributed by atoms with Crippen LogP contribution in [-0.4, -0.2) is 18.7 Å². The molecule has 0 N–H and O–H groups in total. The predicted octanol–water partition coefficient (Wildman–Crippen LogP) is 1.13. The molecular formula is C5H7O2P. The van der Waals surface area contributed by atoms with Crippen LogP contribution in [0.5, 0.6) is 0 Å². The van der Waals surface area contributed by atoms with Gasteiger partial charge in [0.1, 0.15) is 0 Å². The van der Waals surface area contributed by atoms with Gasteiger partial charge < -0.3 is 4.74 Å². The first-order valence-electron chi connectivity index (χ1n) is 2.21. The zero-order valence-electron chi connectivity index (χ0n) is 4.46. The van der Waals surface area contributed by atoms with Crippen molar-refractivity contribution in [2.45, 2.75) is 0 Å². The first-order chi connectivity index (χ1) is 3.81. The lowest BCUT2D eigenvalue weighted by Crippen LogP contribution is -2.01. The van der Waals surface area contributed by atoms with Crippen molar-refractivity contribution in [1.82, 2.24) is 0 Å². The van der Waals surface area contributed by atoms with Crippen LogP contribution < -0.4 is 0 Å². The van der Waals surface area contributed by atoms with Gasteiger partial charge in [-0.15, -0.1) is 0 Å². The first-order valence-corrected chi connectivity index (χ1v) is 2.84. The molecule has 0 aromatic carbocycles. The Morgan fingerprint density at radius 2 is 2.50 bits per heavy atom. The van der Waals surface area contributed by atoms with Crippen LogP contribution in [0.15, 0.2) is 12.7 Å². The summed E-state index contributed by atoms with van der Waals surface area (Å²) in [5, 5.41) is 0. The molecule has 0 aliphatic heterocycles. The zero-order valence-corrected chi connectivity index (χ0v) is 5.36. The Kier molecular flexibility index (Phi) is 4.58. The summed E-state index contributed by atoms with van der Waals surface area (Å²) in [6.45, 7) is 3.57. The van der Waals surface area contributed by atoms with E-state index in [9.17, 15) is 4.79 Å². The van der Waals surface area contributed by atoms with Gasteiger partial charge in [-0.1, -0.05) is 6.58 Å². The molecule has 0 amide bonds. The second-order valence-electron chi connectivity index (χ2n) is 1.10. The highest BCUT2D eigenvalue weighted by Gasteiger charge is 1.89. The highest BCUT2D eigenvalue weighted by atomic mass is 31.0. The van der Waals surface area contributed by atoms with Crippen LogP contribution in [0.25, 0.3) is 0 Å². The Hall–Kier alpha value is -0.360. The van der Waals surface area contributed by atoms with Crippen LogP contribution in [0.4, 0.5) is 0 Å². The van der Waals surface area contributed by atoms with Gasteiger partial charge in [0.2, 0.25) is 0 Å². The quantitative estimate of drug-likeness (QED) is 0.325. The van der Waals surface area contributed by atoms with E-state index in [2.05, 4.69) is 20.6 Å². The van der Waals surface area contributed by atoms with Crippen molar-refractivity contribution >= 4 is 15.2 Å². The van der Waals surface area contributed by atoms with Gasteiger partial charge in [-0.2, -0.15) is 0 Å². The average Bonchev–Trinajstić information content (AvgIpc) is 1.83. The van der Waals surface area contributed by atoms with Crippen molar-refractivity contribution in [1.29, 1.82) is 0 Å². The Bertz CT molecular complexity index is 90.4. The molecule has 0 rings (SSSR count). The summed E-state index contributed by atoms with van der Waals surface area (Å²) in [6.07, 6.45) is 1.68. The normalized spacial score (nSPS) is 8.12. The third kappa shape index (κ3) is 3.82. The van der Waals surface area contributed by atoms with Gasteiger partial charge in [-0.3, -0.25) is 0 Å². The zero-order chi connectivity index (χ0) is 6.41. The molecule has 3 heteroatoms. The summed E-state index contributed by atoms with van der Waals surface area (Å²) in [5.41, 5.74) is 0. The largest absolute Gasteiger partial charge is 0.462 e. The van der Waals surface area contributed by atoms with Gasteiger partial charge in [0.05, 0.1) is 6.61 Å². The molecule has 0 aliphatic rings. The summed E-state index contributed by atoms with van der Waals surface area (Å²) in [6, 6.07) is 0. The van der Waals surface area contributed by atoms with Gasteiger partial charge in [0, 0.05) is 12.2 Å². The SMILES string of the molecule is C=CC(=O)OCC[P]. The first kappa shape index (κ1) is 7.64. The Balaban J connectivity index is 3.11. The van der Waals surface area contributed by atoms with E-state index in [-0.39, 0.29) is 5.97 Å². The maximum Gasteiger partial charge on any atom is 0.330 e. The van der Waals surface area contributed by atoms with E-state index in [0.717, 1.165) is 6.08 Å². The molecule has 0 bridgehead atoms. The molecule has 2 nitrogen and oxygen atoms in total. The molecule has 44 valence electrons. The molecule has 0 aromatic heterocycles. The standard InChI is InChI=1S/C5H7O2P/c1-2-5(6)7-3-4-8/h2H,1,3-4H2. The van der Waals surface area contributed by atoms with E-state index >= 15 is 0 Å². The number of hydrogen-bond acceptors (Lipinski definition) is 2. The fraction of sp³-hybridized carbons (Fsp3) is 0.400. The van der Waals surface area contributed by atoms with Crippen molar-refractivity contribution in [3.8, 4) is 0 Å². The van der Waals surface area contributed by atoms with Crippen LogP contribution in [0.2, 0.25) is 0 Å². The number of rotatable bonds is 3. The highest BCUT2D eigenvalue weighted by molar-refractivity contribution is 7.16. The summed E-state index contributed by atoms with van der Waals surface area (Å²) < 4.78 is 4.51. The number of ether oxygens (including phenoxy) is 1. The third-order valence-electron chi connectivity index (χ3n) is 0.502. The van der Waals surface area contributed by atoms with Gasteiger partial charge in [0.25, 0.3) is 0 Å². The molecule has 0 aliphatic carbocycles. The van der Waals surface area contributed by atoms with E-state index in [4.69, 9.17) is 0 Å². The average molecular weight is 130 g/mol. The fourth-order valence-corrected chi connectivity index (χ4v) is 0.296. The molecule has 2 radical (unpaired) electrons. The van der Waals surface area contributed by atoms with E-state index in [1.54, 1.807) is 0 Å². The minimum absolute atomic E-state index is 0.355. The van der Waals surface area contributed by atoms with Crippen LogP contribution in [0.3, 0.4) is 0 Å². The molecule has 0 heterocycles. The molecule has 0 unspecified atom stereocenters. The molecule has 0 saturated heterocycles. The Morgan fingerprint density at radius 1 is 1.88 bits per heavy atom. The molecule has 0 saturated carbocycles. The predicted molar refractivity (Wildman–Crippen MR) is 32.9 cm³/mol. The smallest absolute Gasteiger partial charge is 0.330 e. The topological polar surface area (TPSA) is 26.3 Å².